The molecular weight excluding hydrogens is 368 g/mol. The van der Waals surface area contributed by atoms with Crippen molar-refractivity contribution in [2.75, 3.05) is 0 Å². The summed E-state index contributed by atoms with van der Waals surface area (Å²) < 4.78 is 0.948. The molecule has 0 saturated carbocycles. The van der Waals surface area contributed by atoms with Crippen molar-refractivity contribution < 1.29 is 4.79 Å². The van der Waals surface area contributed by atoms with Crippen LogP contribution in [0.1, 0.15) is 16.2 Å². The van der Waals surface area contributed by atoms with Gasteiger partial charge in [-0.3, -0.25) is 9.89 Å². The van der Waals surface area contributed by atoms with Gasteiger partial charge in [-0.05, 0) is 40.2 Å². The molecule has 3 aromatic rings. The van der Waals surface area contributed by atoms with Crippen LogP contribution in [0.3, 0.4) is 0 Å². The van der Waals surface area contributed by atoms with Gasteiger partial charge in [0, 0.05) is 26.9 Å². The molecule has 5 nitrogen and oxygen atoms in total. The number of hydrogen-bond donors (Lipinski definition) is 3. The molecule has 2 heterocycles. The van der Waals surface area contributed by atoms with E-state index in [-0.39, 0.29) is 5.91 Å². The van der Waals surface area contributed by atoms with Gasteiger partial charge in [0.2, 0.25) is 0 Å². The zero-order chi connectivity index (χ0) is 15.5. The van der Waals surface area contributed by atoms with Crippen LogP contribution in [-0.4, -0.2) is 21.1 Å². The Labute approximate surface area is 140 Å². The highest BCUT2D eigenvalue weighted by Crippen LogP contribution is 2.20. The maximum atomic E-state index is 12.1. The highest BCUT2D eigenvalue weighted by Gasteiger charge is 2.11. The van der Waals surface area contributed by atoms with Crippen molar-refractivity contribution in [1.29, 1.82) is 0 Å². The minimum atomic E-state index is -0.210. The topological polar surface area (TPSA) is 73.6 Å². The van der Waals surface area contributed by atoms with Gasteiger partial charge in [0.25, 0.3) is 5.91 Å². The van der Waals surface area contributed by atoms with E-state index >= 15 is 0 Å². The van der Waals surface area contributed by atoms with Gasteiger partial charge in [0.05, 0.1) is 12.2 Å². The fraction of sp³-hybridized carbons (Fsp3) is 0.0667. The second kappa shape index (κ2) is 6.37. The van der Waals surface area contributed by atoms with Crippen LogP contribution < -0.4 is 5.32 Å². The Morgan fingerprint density at radius 1 is 1.27 bits per heavy atom. The summed E-state index contributed by atoms with van der Waals surface area (Å²) in [4.78, 5) is 15.1. The van der Waals surface area contributed by atoms with Gasteiger partial charge >= 0.3 is 0 Å². The predicted molar refractivity (Wildman–Crippen MR) is 88.7 cm³/mol. The molecular formula is C15H12BrClN4O. The Morgan fingerprint density at radius 3 is 2.73 bits per heavy atom. The third kappa shape index (κ3) is 3.40. The first-order chi connectivity index (χ1) is 10.6. The average Bonchev–Trinajstić information content (AvgIpc) is 3.15. The number of carbonyl (C=O) groups excluding carboxylic acids is 1. The molecule has 0 aliphatic rings. The van der Waals surface area contributed by atoms with Crippen LogP contribution in [0.5, 0.6) is 0 Å². The smallest absolute Gasteiger partial charge is 0.269 e. The molecule has 2 aromatic heterocycles. The van der Waals surface area contributed by atoms with E-state index < -0.39 is 0 Å². The Kier molecular flexibility index (Phi) is 4.31. The first-order valence-corrected chi connectivity index (χ1v) is 7.71. The lowest BCUT2D eigenvalue weighted by Crippen LogP contribution is -2.23. The molecule has 0 fully saturated rings. The Bertz CT molecular complexity index is 794. The molecule has 0 saturated heterocycles. The van der Waals surface area contributed by atoms with E-state index in [1.165, 1.54) is 0 Å². The summed E-state index contributed by atoms with van der Waals surface area (Å²) in [6, 6.07) is 10.9. The lowest BCUT2D eigenvalue weighted by Gasteiger charge is -2.00. The van der Waals surface area contributed by atoms with Crippen molar-refractivity contribution in [2.24, 2.45) is 0 Å². The number of H-pyrrole nitrogens is 2. The lowest BCUT2D eigenvalue weighted by molar-refractivity contribution is 0.0945. The molecule has 7 heteroatoms. The third-order valence-electron chi connectivity index (χ3n) is 3.11. The molecule has 3 rings (SSSR count). The van der Waals surface area contributed by atoms with Gasteiger partial charge in [0.1, 0.15) is 5.69 Å². The van der Waals surface area contributed by atoms with Crippen LogP contribution in [-0.2, 0) is 6.54 Å². The highest BCUT2D eigenvalue weighted by atomic mass is 79.9. The van der Waals surface area contributed by atoms with Gasteiger partial charge in [0.15, 0.2) is 0 Å². The number of carbonyl (C=O) groups is 1. The van der Waals surface area contributed by atoms with Crippen molar-refractivity contribution >= 4 is 33.4 Å². The second-order valence-corrected chi connectivity index (χ2v) is 6.05. The minimum Gasteiger partial charge on any atom is -0.362 e. The van der Waals surface area contributed by atoms with Crippen LogP contribution in [0.4, 0.5) is 0 Å². The SMILES string of the molecule is O=C(NCc1cc(Br)c[nH]1)c1cc(-c2ccc(Cl)cc2)n[nH]1. The monoisotopic (exact) mass is 378 g/mol. The summed E-state index contributed by atoms with van der Waals surface area (Å²) in [6.07, 6.45) is 1.82. The molecule has 1 amide bonds. The number of halogens is 2. The van der Waals surface area contributed by atoms with Gasteiger partial charge in [-0.1, -0.05) is 23.7 Å². The number of nitrogens with one attached hydrogen (secondary N) is 3. The zero-order valence-corrected chi connectivity index (χ0v) is 13.7. The van der Waals surface area contributed by atoms with E-state index in [0.29, 0.717) is 23.0 Å². The van der Waals surface area contributed by atoms with Crippen LogP contribution >= 0.6 is 27.5 Å². The van der Waals surface area contributed by atoms with Gasteiger partial charge in [-0.25, -0.2) is 0 Å². The maximum Gasteiger partial charge on any atom is 0.269 e. The Balaban J connectivity index is 1.67. The first-order valence-electron chi connectivity index (χ1n) is 6.54. The van der Waals surface area contributed by atoms with Crippen molar-refractivity contribution in [3.05, 3.63) is 63.5 Å². The molecule has 0 radical (unpaired) electrons. The highest BCUT2D eigenvalue weighted by molar-refractivity contribution is 9.10. The number of hydrogen-bond acceptors (Lipinski definition) is 2. The fourth-order valence-corrected chi connectivity index (χ4v) is 2.51. The normalized spacial score (nSPS) is 10.6. The van der Waals surface area contributed by atoms with Crippen LogP contribution in [0, 0.1) is 0 Å². The molecule has 112 valence electrons. The third-order valence-corrected chi connectivity index (χ3v) is 3.82. The zero-order valence-electron chi connectivity index (χ0n) is 11.4. The second-order valence-electron chi connectivity index (χ2n) is 4.70. The Morgan fingerprint density at radius 2 is 2.05 bits per heavy atom. The predicted octanol–water partition coefficient (Wildman–Crippen LogP) is 3.75. The largest absolute Gasteiger partial charge is 0.362 e. The van der Waals surface area contributed by atoms with Gasteiger partial charge in [-0.2, -0.15) is 5.10 Å². The molecule has 0 bridgehead atoms. The summed E-state index contributed by atoms with van der Waals surface area (Å²) in [5.74, 6) is -0.210. The fourth-order valence-electron chi connectivity index (χ4n) is 1.99. The van der Waals surface area contributed by atoms with E-state index in [0.717, 1.165) is 15.7 Å². The van der Waals surface area contributed by atoms with Crippen molar-refractivity contribution in [3.8, 4) is 11.3 Å². The summed E-state index contributed by atoms with van der Waals surface area (Å²) in [6.45, 7) is 0.416. The molecule has 0 aliphatic carbocycles. The first kappa shape index (κ1) is 14.9. The number of nitrogens with zero attached hydrogens (tertiary/aromatic N) is 1. The average molecular weight is 380 g/mol. The quantitative estimate of drug-likeness (QED) is 0.646. The molecule has 0 spiro atoms. The number of rotatable bonds is 4. The standard InChI is InChI=1S/C15H12BrClN4O/c16-10-5-12(18-7-10)8-19-15(22)14-6-13(20-21-14)9-1-3-11(17)4-2-9/h1-7,18H,8H2,(H,19,22)(H,20,21). The summed E-state index contributed by atoms with van der Waals surface area (Å²) in [7, 11) is 0. The molecule has 1 aromatic carbocycles. The van der Waals surface area contributed by atoms with E-state index in [4.69, 9.17) is 11.6 Å². The van der Waals surface area contributed by atoms with E-state index in [1.54, 1.807) is 18.2 Å². The van der Waals surface area contributed by atoms with Crippen molar-refractivity contribution in [3.63, 3.8) is 0 Å². The van der Waals surface area contributed by atoms with Crippen molar-refractivity contribution in [1.82, 2.24) is 20.5 Å². The summed E-state index contributed by atoms with van der Waals surface area (Å²) in [5, 5.41) is 10.4. The van der Waals surface area contributed by atoms with E-state index in [9.17, 15) is 4.79 Å². The number of amides is 1. The van der Waals surface area contributed by atoms with Gasteiger partial charge in [-0.15, -0.1) is 0 Å². The van der Waals surface area contributed by atoms with Crippen LogP contribution in [0.2, 0.25) is 5.02 Å². The molecule has 0 unspecified atom stereocenters. The van der Waals surface area contributed by atoms with Gasteiger partial charge < -0.3 is 10.3 Å². The molecule has 22 heavy (non-hydrogen) atoms. The molecule has 0 atom stereocenters. The maximum absolute atomic E-state index is 12.1. The lowest BCUT2D eigenvalue weighted by atomic mass is 10.1. The van der Waals surface area contributed by atoms with Crippen molar-refractivity contribution in [2.45, 2.75) is 6.54 Å². The Hall–Kier alpha value is -2.05. The number of aromatic nitrogens is 3. The molecule has 0 aliphatic heterocycles. The van der Waals surface area contributed by atoms with Crippen LogP contribution in [0.25, 0.3) is 11.3 Å². The summed E-state index contributed by atoms with van der Waals surface area (Å²) >= 11 is 9.21. The molecule has 3 N–H and O–H groups in total. The van der Waals surface area contributed by atoms with Crippen LogP contribution in [0.15, 0.2) is 47.1 Å². The van der Waals surface area contributed by atoms with E-state index in [1.807, 2.05) is 24.4 Å². The number of aromatic amines is 2. The summed E-state index contributed by atoms with van der Waals surface area (Å²) in [5.41, 5.74) is 2.92. The van der Waals surface area contributed by atoms with E-state index in [2.05, 4.69) is 36.4 Å². The minimum absolute atomic E-state index is 0.210. The number of benzene rings is 1.